The van der Waals surface area contributed by atoms with E-state index in [1.807, 2.05) is 18.3 Å². The third kappa shape index (κ3) is 2.30. The monoisotopic (exact) mass is 335 g/mol. The smallest absolute Gasteiger partial charge is 0.126 e. The molecular formula is C20H15F2N3. The molecule has 2 aliphatic heterocycles. The number of imidazole rings is 1. The van der Waals surface area contributed by atoms with E-state index in [1.165, 1.54) is 17.7 Å². The molecule has 0 spiro atoms. The molecule has 0 radical (unpaired) electrons. The molecule has 5 rings (SSSR count). The Morgan fingerprint density at radius 1 is 0.960 bits per heavy atom. The van der Waals surface area contributed by atoms with Gasteiger partial charge in [0.05, 0.1) is 17.9 Å². The molecule has 0 aliphatic carbocycles. The van der Waals surface area contributed by atoms with Gasteiger partial charge in [-0.25, -0.2) is 13.8 Å². The Morgan fingerprint density at radius 2 is 1.80 bits per heavy atom. The number of nitrogens with zero attached hydrogens (tertiary/aromatic N) is 3. The van der Waals surface area contributed by atoms with Crippen LogP contribution >= 0.6 is 0 Å². The fourth-order valence-corrected chi connectivity index (χ4v) is 3.77. The number of benzene rings is 2. The van der Waals surface area contributed by atoms with Crippen LogP contribution in [0.5, 0.6) is 0 Å². The first kappa shape index (κ1) is 14.5. The van der Waals surface area contributed by atoms with E-state index >= 15 is 0 Å². The molecule has 124 valence electrons. The van der Waals surface area contributed by atoms with Crippen molar-refractivity contribution in [1.29, 1.82) is 0 Å². The minimum absolute atomic E-state index is 0.478. The lowest BCUT2D eigenvalue weighted by Crippen LogP contribution is -1.98. The molecule has 2 aliphatic rings. The number of aryl methyl sites for hydroxylation is 1. The molecule has 0 amide bonds. The average Bonchev–Trinajstić information content (AvgIpc) is 3.28. The van der Waals surface area contributed by atoms with Crippen LogP contribution in [0, 0.1) is 11.6 Å². The van der Waals surface area contributed by atoms with Crippen molar-refractivity contribution in [3.05, 3.63) is 65.0 Å². The molecule has 3 nitrogen and oxygen atoms in total. The van der Waals surface area contributed by atoms with Crippen LogP contribution in [-0.2, 0) is 19.5 Å². The minimum atomic E-state index is -0.587. The van der Waals surface area contributed by atoms with Gasteiger partial charge in [-0.15, -0.1) is 0 Å². The second-order valence-electron chi connectivity index (χ2n) is 6.52. The summed E-state index contributed by atoms with van der Waals surface area (Å²) < 4.78 is 29.7. The second-order valence-corrected chi connectivity index (χ2v) is 6.52. The molecule has 3 aromatic rings. The van der Waals surface area contributed by atoms with E-state index in [9.17, 15) is 8.78 Å². The zero-order valence-electron chi connectivity index (χ0n) is 13.5. The highest BCUT2D eigenvalue weighted by Crippen LogP contribution is 2.37. The van der Waals surface area contributed by atoms with Crippen LogP contribution < -0.4 is 0 Å². The normalized spacial score (nSPS) is 14.8. The molecule has 0 unspecified atom stereocenters. The maximum absolute atomic E-state index is 13.7. The average molecular weight is 335 g/mol. The molecule has 0 saturated carbocycles. The Balaban J connectivity index is 1.73. The van der Waals surface area contributed by atoms with E-state index in [0.717, 1.165) is 48.1 Å². The molecular weight excluding hydrogens is 320 g/mol. The summed E-state index contributed by atoms with van der Waals surface area (Å²) in [7, 11) is 0. The molecule has 0 bridgehead atoms. The zero-order chi connectivity index (χ0) is 17.0. The molecule has 0 atom stereocenters. The van der Waals surface area contributed by atoms with Gasteiger partial charge in [0.25, 0.3) is 0 Å². The third-order valence-corrected chi connectivity index (χ3v) is 4.87. The predicted octanol–water partition coefficient (Wildman–Crippen LogP) is 4.37. The second kappa shape index (κ2) is 5.34. The summed E-state index contributed by atoms with van der Waals surface area (Å²) in [6.07, 6.45) is 3.81. The molecule has 2 aromatic carbocycles. The maximum atomic E-state index is 13.7. The lowest BCUT2D eigenvalue weighted by molar-refractivity contribution is 0.584. The van der Waals surface area contributed by atoms with E-state index in [1.54, 1.807) is 0 Å². The summed E-state index contributed by atoms with van der Waals surface area (Å²) in [6, 6.07) is 9.79. The van der Waals surface area contributed by atoms with E-state index < -0.39 is 11.6 Å². The van der Waals surface area contributed by atoms with Gasteiger partial charge in [0.15, 0.2) is 0 Å². The zero-order valence-corrected chi connectivity index (χ0v) is 13.5. The number of aliphatic imine (C=N–C) groups is 1. The van der Waals surface area contributed by atoms with Gasteiger partial charge in [-0.05, 0) is 35.7 Å². The SMILES string of the molecule is Fc1cc(F)cc(-c2nc3n(c2-c2ccc4c(c2)CN=C4)CCC3)c1. The van der Waals surface area contributed by atoms with Crippen molar-refractivity contribution in [2.24, 2.45) is 4.99 Å². The van der Waals surface area contributed by atoms with Crippen LogP contribution in [0.25, 0.3) is 22.5 Å². The van der Waals surface area contributed by atoms with Gasteiger partial charge in [0, 0.05) is 36.4 Å². The number of hydrogen-bond acceptors (Lipinski definition) is 2. The summed E-state index contributed by atoms with van der Waals surface area (Å²) >= 11 is 0. The number of aromatic nitrogens is 2. The van der Waals surface area contributed by atoms with Gasteiger partial charge in [0.1, 0.15) is 17.5 Å². The predicted molar refractivity (Wildman–Crippen MR) is 92.6 cm³/mol. The number of rotatable bonds is 2. The summed E-state index contributed by atoms with van der Waals surface area (Å²) in [6.45, 7) is 1.55. The molecule has 0 fully saturated rings. The Morgan fingerprint density at radius 3 is 2.64 bits per heavy atom. The molecule has 1 aromatic heterocycles. The third-order valence-electron chi connectivity index (χ3n) is 4.87. The quantitative estimate of drug-likeness (QED) is 0.684. The number of fused-ring (bicyclic) bond motifs is 2. The molecule has 25 heavy (non-hydrogen) atoms. The van der Waals surface area contributed by atoms with Gasteiger partial charge < -0.3 is 4.57 Å². The first-order valence-corrected chi connectivity index (χ1v) is 8.38. The standard InChI is InChI=1S/C20H15F2N3/c21-16-7-14(8-17(22)9-16)19-20(25-5-1-2-18(25)24-19)12-3-4-13-10-23-11-15(13)6-12/h3-4,6-10H,1-2,5,11H2. The van der Waals surface area contributed by atoms with Crippen LogP contribution in [0.2, 0.25) is 0 Å². The molecule has 0 saturated heterocycles. The van der Waals surface area contributed by atoms with Crippen LogP contribution in [0.3, 0.4) is 0 Å². The molecule has 3 heterocycles. The highest BCUT2D eigenvalue weighted by Gasteiger charge is 2.24. The highest BCUT2D eigenvalue weighted by molar-refractivity contribution is 5.87. The van der Waals surface area contributed by atoms with Crippen molar-refractivity contribution >= 4 is 6.21 Å². The number of halogens is 2. The van der Waals surface area contributed by atoms with Crippen LogP contribution in [0.15, 0.2) is 41.4 Å². The van der Waals surface area contributed by atoms with E-state index in [-0.39, 0.29) is 0 Å². The van der Waals surface area contributed by atoms with Gasteiger partial charge in [-0.2, -0.15) is 0 Å². The molecule has 0 N–H and O–H groups in total. The van der Waals surface area contributed by atoms with Crippen LogP contribution in [-0.4, -0.2) is 15.8 Å². The largest absolute Gasteiger partial charge is 0.327 e. The van der Waals surface area contributed by atoms with E-state index in [2.05, 4.69) is 15.6 Å². The highest BCUT2D eigenvalue weighted by atomic mass is 19.1. The van der Waals surface area contributed by atoms with Crippen molar-refractivity contribution in [1.82, 2.24) is 9.55 Å². The Labute approximate surface area is 143 Å². The first-order valence-electron chi connectivity index (χ1n) is 8.38. The first-order chi connectivity index (χ1) is 12.2. The van der Waals surface area contributed by atoms with Gasteiger partial charge in [0.2, 0.25) is 0 Å². The summed E-state index contributed by atoms with van der Waals surface area (Å²) in [4.78, 5) is 9.01. The Hall–Kier alpha value is -2.82. The maximum Gasteiger partial charge on any atom is 0.126 e. The fraction of sp³-hybridized carbons (Fsp3) is 0.200. The summed E-state index contributed by atoms with van der Waals surface area (Å²) in [5.41, 5.74) is 5.38. The van der Waals surface area contributed by atoms with Crippen LogP contribution in [0.4, 0.5) is 8.78 Å². The molecule has 5 heteroatoms. The van der Waals surface area contributed by atoms with E-state index in [4.69, 9.17) is 4.98 Å². The lowest BCUT2D eigenvalue weighted by atomic mass is 10.0. The lowest BCUT2D eigenvalue weighted by Gasteiger charge is -2.10. The van der Waals surface area contributed by atoms with Gasteiger partial charge in [-0.1, -0.05) is 12.1 Å². The fourth-order valence-electron chi connectivity index (χ4n) is 3.77. The van der Waals surface area contributed by atoms with Crippen molar-refractivity contribution < 1.29 is 8.78 Å². The Kier molecular flexibility index (Phi) is 3.10. The van der Waals surface area contributed by atoms with Crippen molar-refractivity contribution in [2.75, 3.05) is 0 Å². The topological polar surface area (TPSA) is 30.2 Å². The van der Waals surface area contributed by atoms with Crippen molar-refractivity contribution in [2.45, 2.75) is 25.9 Å². The minimum Gasteiger partial charge on any atom is -0.327 e. The summed E-state index contributed by atoms with van der Waals surface area (Å²) in [5, 5.41) is 0. The van der Waals surface area contributed by atoms with Gasteiger partial charge >= 0.3 is 0 Å². The summed E-state index contributed by atoms with van der Waals surface area (Å²) in [5.74, 6) is -0.195. The van der Waals surface area contributed by atoms with Gasteiger partial charge in [-0.3, -0.25) is 4.99 Å². The number of hydrogen-bond donors (Lipinski definition) is 0. The van der Waals surface area contributed by atoms with Crippen LogP contribution in [0.1, 0.15) is 23.4 Å². The Bertz CT molecular complexity index is 1010. The van der Waals surface area contributed by atoms with E-state index in [0.29, 0.717) is 17.8 Å². The van der Waals surface area contributed by atoms with Crippen molar-refractivity contribution in [3.8, 4) is 22.5 Å². The van der Waals surface area contributed by atoms with Crippen molar-refractivity contribution in [3.63, 3.8) is 0 Å².